The Kier molecular flexibility index (Phi) is 4.55. The fourth-order valence-electron chi connectivity index (χ4n) is 1.95. The minimum absolute atomic E-state index is 0.631. The van der Waals surface area contributed by atoms with Crippen LogP contribution in [0.15, 0.2) is 12.3 Å². The summed E-state index contributed by atoms with van der Waals surface area (Å²) in [5.41, 5.74) is 0. The highest BCUT2D eigenvalue weighted by Crippen LogP contribution is 2.09. The van der Waals surface area contributed by atoms with Crippen LogP contribution in [0.5, 0.6) is 5.88 Å². The highest BCUT2D eigenvalue weighted by Gasteiger charge is 2.10. The highest BCUT2D eigenvalue weighted by molar-refractivity contribution is 5.26. The van der Waals surface area contributed by atoms with Crippen LogP contribution in [0.25, 0.3) is 0 Å². The average molecular weight is 236 g/mol. The molecule has 1 saturated heterocycles. The predicted octanol–water partition coefficient (Wildman–Crippen LogP) is 1.38. The number of ether oxygens (including phenoxy) is 1. The average Bonchev–Trinajstić information content (AvgIpc) is 2.83. The molecule has 0 atom stereocenters. The lowest BCUT2D eigenvalue weighted by molar-refractivity contribution is 0.232. The maximum atomic E-state index is 5.62. The van der Waals surface area contributed by atoms with E-state index in [9.17, 15) is 0 Å². The first-order chi connectivity index (χ1) is 8.38. The summed E-state index contributed by atoms with van der Waals surface area (Å²) >= 11 is 0. The van der Waals surface area contributed by atoms with Gasteiger partial charge in [0.2, 0.25) is 11.8 Å². The molecule has 1 fully saturated rings. The molecule has 0 aromatic carbocycles. The monoisotopic (exact) mass is 236 g/mol. The maximum absolute atomic E-state index is 5.62. The van der Waals surface area contributed by atoms with Gasteiger partial charge in [0.25, 0.3) is 0 Å². The van der Waals surface area contributed by atoms with Gasteiger partial charge in [-0.2, -0.15) is 4.98 Å². The van der Waals surface area contributed by atoms with E-state index in [1.807, 2.05) is 6.92 Å². The van der Waals surface area contributed by atoms with Crippen molar-refractivity contribution >= 4 is 5.95 Å². The minimum atomic E-state index is 0.631. The zero-order valence-corrected chi connectivity index (χ0v) is 10.4. The Labute approximate surface area is 102 Å². The number of hydrogen-bond donors (Lipinski definition) is 1. The van der Waals surface area contributed by atoms with Crippen molar-refractivity contribution in [3.8, 4) is 5.88 Å². The molecule has 0 bridgehead atoms. The van der Waals surface area contributed by atoms with Crippen molar-refractivity contribution in [2.45, 2.75) is 19.8 Å². The maximum Gasteiger partial charge on any atom is 0.225 e. The van der Waals surface area contributed by atoms with Crippen molar-refractivity contribution in [2.24, 2.45) is 0 Å². The van der Waals surface area contributed by atoms with Gasteiger partial charge in [-0.15, -0.1) is 0 Å². The van der Waals surface area contributed by atoms with Crippen LogP contribution in [0.3, 0.4) is 0 Å². The van der Waals surface area contributed by atoms with Gasteiger partial charge >= 0.3 is 0 Å². The highest BCUT2D eigenvalue weighted by atomic mass is 16.5. The van der Waals surface area contributed by atoms with E-state index >= 15 is 0 Å². The number of aromatic nitrogens is 2. The Morgan fingerprint density at radius 2 is 2.24 bits per heavy atom. The molecule has 1 N–H and O–H groups in total. The molecule has 1 aromatic rings. The third kappa shape index (κ3) is 3.85. The Hall–Kier alpha value is -1.36. The van der Waals surface area contributed by atoms with E-state index < -0.39 is 0 Å². The van der Waals surface area contributed by atoms with Gasteiger partial charge in [-0.05, 0) is 32.9 Å². The lowest BCUT2D eigenvalue weighted by atomic mass is 10.4. The van der Waals surface area contributed by atoms with E-state index in [-0.39, 0.29) is 0 Å². The van der Waals surface area contributed by atoms with Crippen LogP contribution in [0.1, 0.15) is 19.8 Å². The first kappa shape index (κ1) is 12.1. The summed E-state index contributed by atoms with van der Waals surface area (Å²) in [4.78, 5) is 10.8. The molecule has 0 unspecified atom stereocenters. The zero-order valence-electron chi connectivity index (χ0n) is 10.4. The van der Waals surface area contributed by atoms with Gasteiger partial charge in [-0.25, -0.2) is 4.98 Å². The van der Waals surface area contributed by atoms with E-state index in [4.69, 9.17) is 4.74 Å². The fraction of sp³-hybridized carbons (Fsp3) is 0.667. The van der Waals surface area contributed by atoms with Crippen molar-refractivity contribution in [1.82, 2.24) is 14.9 Å². The largest absolute Gasteiger partial charge is 0.476 e. The molecular weight excluding hydrogens is 216 g/mol. The van der Waals surface area contributed by atoms with Crippen LogP contribution >= 0.6 is 0 Å². The summed E-state index contributed by atoms with van der Waals surface area (Å²) < 4.78 is 5.62. The lowest BCUT2D eigenvalue weighted by Gasteiger charge is -2.14. The molecule has 5 heteroatoms. The van der Waals surface area contributed by atoms with Gasteiger partial charge in [0.1, 0.15) is 6.61 Å². The molecule has 0 aliphatic carbocycles. The molecule has 2 heterocycles. The molecule has 94 valence electrons. The summed E-state index contributed by atoms with van der Waals surface area (Å²) in [6.45, 7) is 6.93. The summed E-state index contributed by atoms with van der Waals surface area (Å²) in [5.74, 6) is 1.28. The number of rotatable bonds is 6. The normalized spacial score (nSPS) is 16.1. The van der Waals surface area contributed by atoms with Gasteiger partial charge in [-0.3, -0.25) is 4.90 Å². The van der Waals surface area contributed by atoms with E-state index in [0.29, 0.717) is 18.4 Å². The van der Waals surface area contributed by atoms with Crippen molar-refractivity contribution in [3.63, 3.8) is 0 Å². The third-order valence-electron chi connectivity index (χ3n) is 2.82. The molecular formula is C12H20N4O. The van der Waals surface area contributed by atoms with Crippen molar-refractivity contribution in [1.29, 1.82) is 0 Å². The summed E-state index contributed by atoms with van der Waals surface area (Å²) in [5, 5.41) is 3.07. The Balaban J connectivity index is 1.75. The second-order valence-corrected chi connectivity index (χ2v) is 4.15. The van der Waals surface area contributed by atoms with E-state index in [2.05, 4.69) is 20.2 Å². The van der Waals surface area contributed by atoms with Crippen molar-refractivity contribution in [2.75, 3.05) is 38.1 Å². The van der Waals surface area contributed by atoms with Crippen LogP contribution < -0.4 is 10.1 Å². The van der Waals surface area contributed by atoms with Gasteiger partial charge < -0.3 is 10.1 Å². The smallest absolute Gasteiger partial charge is 0.225 e. The number of nitrogens with one attached hydrogen (secondary N) is 1. The molecule has 0 spiro atoms. The molecule has 1 aliphatic heterocycles. The Morgan fingerprint density at radius 1 is 1.41 bits per heavy atom. The summed E-state index contributed by atoms with van der Waals surface area (Å²) in [6, 6.07) is 1.80. The van der Waals surface area contributed by atoms with Gasteiger partial charge in [0, 0.05) is 25.4 Å². The Bertz CT molecular complexity index is 339. The van der Waals surface area contributed by atoms with E-state index in [0.717, 1.165) is 13.1 Å². The van der Waals surface area contributed by atoms with Gasteiger partial charge in [0.05, 0.1) is 0 Å². The molecule has 0 saturated carbocycles. The molecule has 0 radical (unpaired) electrons. The minimum Gasteiger partial charge on any atom is -0.476 e. The standard InChI is InChI=1S/C12H20N4O/c1-2-13-12-14-6-5-11(15-12)17-10-9-16-7-3-4-8-16/h5-6H,2-4,7-10H2,1H3,(H,13,14,15). The topological polar surface area (TPSA) is 50.3 Å². The lowest BCUT2D eigenvalue weighted by Crippen LogP contribution is -2.25. The number of likely N-dealkylation sites (tertiary alicyclic amines) is 1. The Morgan fingerprint density at radius 3 is 3.00 bits per heavy atom. The molecule has 1 aliphatic rings. The van der Waals surface area contributed by atoms with E-state index in [1.165, 1.54) is 25.9 Å². The number of anilines is 1. The summed E-state index contributed by atoms with van der Waals surface area (Å²) in [7, 11) is 0. The first-order valence-electron chi connectivity index (χ1n) is 6.30. The van der Waals surface area contributed by atoms with Crippen LogP contribution in [0.4, 0.5) is 5.95 Å². The summed E-state index contributed by atoms with van der Waals surface area (Å²) in [6.07, 6.45) is 4.35. The molecule has 0 amide bonds. The van der Waals surface area contributed by atoms with Crippen LogP contribution in [0.2, 0.25) is 0 Å². The second kappa shape index (κ2) is 6.39. The predicted molar refractivity (Wildman–Crippen MR) is 67.4 cm³/mol. The molecule has 2 rings (SSSR count). The van der Waals surface area contributed by atoms with Crippen molar-refractivity contribution < 1.29 is 4.74 Å². The van der Waals surface area contributed by atoms with E-state index in [1.54, 1.807) is 12.3 Å². The zero-order chi connectivity index (χ0) is 11.9. The molecule has 1 aromatic heterocycles. The van der Waals surface area contributed by atoms with Crippen LogP contribution in [-0.4, -0.2) is 47.7 Å². The second-order valence-electron chi connectivity index (χ2n) is 4.15. The fourth-order valence-corrected chi connectivity index (χ4v) is 1.95. The SMILES string of the molecule is CCNc1nccc(OCCN2CCCC2)n1. The van der Waals surface area contributed by atoms with Crippen LogP contribution in [-0.2, 0) is 0 Å². The van der Waals surface area contributed by atoms with Gasteiger partial charge in [-0.1, -0.05) is 0 Å². The van der Waals surface area contributed by atoms with Crippen LogP contribution in [0, 0.1) is 0 Å². The quantitative estimate of drug-likeness (QED) is 0.808. The number of nitrogens with zero attached hydrogens (tertiary/aromatic N) is 3. The third-order valence-corrected chi connectivity index (χ3v) is 2.82. The number of hydrogen-bond acceptors (Lipinski definition) is 5. The molecule has 5 nitrogen and oxygen atoms in total. The molecule has 17 heavy (non-hydrogen) atoms. The van der Waals surface area contributed by atoms with Crippen molar-refractivity contribution in [3.05, 3.63) is 12.3 Å². The first-order valence-corrected chi connectivity index (χ1v) is 6.30. The van der Waals surface area contributed by atoms with Gasteiger partial charge in [0.15, 0.2) is 0 Å².